The molecular weight excluding hydrogens is 270 g/mol. The first-order valence-electron chi connectivity index (χ1n) is 6.49. The minimum atomic E-state index is -0.513. The Kier molecular flexibility index (Phi) is 3.69. The molecule has 0 spiro atoms. The van der Waals surface area contributed by atoms with Gasteiger partial charge >= 0.3 is 12.1 Å². The maximum atomic E-state index is 11.8. The lowest BCUT2D eigenvalue weighted by atomic mass is 10.0. The highest BCUT2D eigenvalue weighted by Gasteiger charge is 2.66. The van der Waals surface area contributed by atoms with Crippen LogP contribution in [0, 0.1) is 11.3 Å². The molecule has 3 unspecified atom stereocenters. The van der Waals surface area contributed by atoms with Crippen LogP contribution in [0.25, 0.3) is 0 Å². The standard InChI is InChI=1S/C13H20ClNO4/c1-12(2,3)19-11(17)15-9-4-8-5-13(8,6-9)10(16)18-7-14/h8-9H,4-7H2,1-3H3,(H,15,17). The Labute approximate surface area is 118 Å². The minimum absolute atomic E-state index is 0.0172. The van der Waals surface area contributed by atoms with E-state index in [-0.39, 0.29) is 18.1 Å². The molecule has 19 heavy (non-hydrogen) atoms. The van der Waals surface area contributed by atoms with Crippen LogP contribution in [0.4, 0.5) is 4.79 Å². The molecule has 0 radical (unpaired) electrons. The molecule has 6 heteroatoms. The van der Waals surface area contributed by atoms with Gasteiger partial charge < -0.3 is 14.8 Å². The van der Waals surface area contributed by atoms with Crippen LogP contribution in [-0.4, -0.2) is 29.8 Å². The van der Waals surface area contributed by atoms with Crippen LogP contribution < -0.4 is 5.32 Å². The molecule has 1 N–H and O–H groups in total. The topological polar surface area (TPSA) is 64.6 Å². The van der Waals surface area contributed by atoms with E-state index in [4.69, 9.17) is 21.1 Å². The number of nitrogens with one attached hydrogen (secondary N) is 1. The van der Waals surface area contributed by atoms with Gasteiger partial charge in [0.25, 0.3) is 0 Å². The van der Waals surface area contributed by atoms with Crippen molar-refractivity contribution in [2.24, 2.45) is 11.3 Å². The van der Waals surface area contributed by atoms with Crippen LogP contribution in [0.3, 0.4) is 0 Å². The highest BCUT2D eigenvalue weighted by atomic mass is 35.5. The lowest BCUT2D eigenvalue weighted by Gasteiger charge is -2.22. The number of alkyl carbamates (subject to hydrolysis) is 1. The highest BCUT2D eigenvalue weighted by molar-refractivity contribution is 6.17. The summed E-state index contributed by atoms with van der Waals surface area (Å²) in [6.45, 7) is 5.45. The fourth-order valence-corrected chi connectivity index (χ4v) is 3.02. The van der Waals surface area contributed by atoms with Gasteiger partial charge in [-0.05, 0) is 46.0 Å². The number of fused-ring (bicyclic) bond motifs is 1. The van der Waals surface area contributed by atoms with Crippen LogP contribution in [0.5, 0.6) is 0 Å². The van der Waals surface area contributed by atoms with E-state index in [1.165, 1.54) is 0 Å². The van der Waals surface area contributed by atoms with Crippen molar-refractivity contribution in [1.29, 1.82) is 0 Å². The second-order valence-corrected chi connectivity index (χ2v) is 6.60. The molecule has 2 aliphatic rings. The van der Waals surface area contributed by atoms with Crippen molar-refractivity contribution in [2.75, 3.05) is 6.07 Å². The molecular formula is C13H20ClNO4. The van der Waals surface area contributed by atoms with Crippen LogP contribution in [0.2, 0.25) is 0 Å². The van der Waals surface area contributed by atoms with Gasteiger partial charge in [0, 0.05) is 6.04 Å². The zero-order valence-corrected chi connectivity index (χ0v) is 12.3. The van der Waals surface area contributed by atoms with Gasteiger partial charge in [0.1, 0.15) is 5.60 Å². The molecule has 0 aliphatic heterocycles. The molecule has 0 aromatic heterocycles. The second kappa shape index (κ2) is 4.85. The smallest absolute Gasteiger partial charge is 0.407 e. The molecule has 1 amide bonds. The third-order valence-electron chi connectivity index (χ3n) is 3.72. The number of rotatable bonds is 3. The molecule has 2 saturated carbocycles. The highest BCUT2D eigenvalue weighted by Crippen LogP contribution is 2.64. The Bertz CT molecular complexity index is 393. The molecule has 2 rings (SSSR count). The van der Waals surface area contributed by atoms with E-state index in [1.54, 1.807) is 0 Å². The summed E-state index contributed by atoms with van der Waals surface area (Å²) in [5.74, 6) is 0.0733. The fourth-order valence-electron chi connectivity index (χ4n) is 2.92. The Hall–Kier alpha value is -0.970. The molecule has 108 valence electrons. The lowest BCUT2D eigenvalue weighted by molar-refractivity contribution is -0.148. The van der Waals surface area contributed by atoms with Gasteiger partial charge in [0.15, 0.2) is 6.07 Å². The van der Waals surface area contributed by atoms with E-state index in [2.05, 4.69) is 5.32 Å². The summed E-state index contributed by atoms with van der Waals surface area (Å²) >= 11 is 5.42. The summed E-state index contributed by atoms with van der Waals surface area (Å²) in [6.07, 6.45) is 1.83. The van der Waals surface area contributed by atoms with Gasteiger partial charge in [-0.1, -0.05) is 11.6 Å². The first-order valence-corrected chi connectivity index (χ1v) is 7.03. The summed E-state index contributed by atoms with van der Waals surface area (Å²) in [4.78, 5) is 23.5. The van der Waals surface area contributed by atoms with E-state index < -0.39 is 17.1 Å². The van der Waals surface area contributed by atoms with Gasteiger partial charge in [0.2, 0.25) is 0 Å². The van der Waals surface area contributed by atoms with Gasteiger partial charge in [0.05, 0.1) is 5.41 Å². The Morgan fingerprint density at radius 1 is 1.37 bits per heavy atom. The quantitative estimate of drug-likeness (QED) is 0.640. The van der Waals surface area contributed by atoms with E-state index in [0.29, 0.717) is 12.3 Å². The molecule has 3 atom stereocenters. The third kappa shape index (κ3) is 3.14. The van der Waals surface area contributed by atoms with E-state index in [0.717, 1.165) is 12.8 Å². The molecule has 2 aliphatic carbocycles. The zero-order valence-electron chi connectivity index (χ0n) is 11.5. The number of hydrogen-bond donors (Lipinski definition) is 1. The number of esters is 1. The van der Waals surface area contributed by atoms with Crippen molar-refractivity contribution in [1.82, 2.24) is 5.32 Å². The number of hydrogen-bond acceptors (Lipinski definition) is 4. The monoisotopic (exact) mass is 289 g/mol. The number of carbonyl (C=O) groups excluding carboxylic acids is 2. The number of carbonyl (C=O) groups is 2. The predicted molar refractivity (Wildman–Crippen MR) is 69.7 cm³/mol. The third-order valence-corrected chi connectivity index (χ3v) is 3.83. The second-order valence-electron chi connectivity index (χ2n) is 6.38. The maximum Gasteiger partial charge on any atom is 0.407 e. The van der Waals surface area contributed by atoms with E-state index in [1.807, 2.05) is 20.8 Å². The van der Waals surface area contributed by atoms with Crippen LogP contribution >= 0.6 is 11.6 Å². The van der Waals surface area contributed by atoms with Gasteiger partial charge in [-0.25, -0.2) is 4.79 Å². The van der Waals surface area contributed by atoms with E-state index in [9.17, 15) is 9.59 Å². The van der Waals surface area contributed by atoms with Gasteiger partial charge in [-0.3, -0.25) is 4.79 Å². The van der Waals surface area contributed by atoms with Crippen LogP contribution in [0.1, 0.15) is 40.0 Å². The fraction of sp³-hybridized carbons (Fsp3) is 0.846. The summed E-state index contributed by atoms with van der Waals surface area (Å²) in [7, 11) is 0. The minimum Gasteiger partial charge on any atom is -0.449 e. The van der Waals surface area contributed by atoms with Crippen molar-refractivity contribution >= 4 is 23.7 Å². The number of alkyl halides is 1. The summed E-state index contributed by atoms with van der Waals surface area (Å²) in [6, 6.07) is -0.131. The average molecular weight is 290 g/mol. The molecule has 0 bridgehead atoms. The SMILES string of the molecule is CC(C)(C)OC(=O)NC1CC2CC2(C(=O)OCCl)C1. The Morgan fingerprint density at radius 3 is 2.63 bits per heavy atom. The van der Waals surface area contributed by atoms with Crippen LogP contribution in [-0.2, 0) is 14.3 Å². The molecule has 5 nitrogen and oxygen atoms in total. The van der Waals surface area contributed by atoms with Crippen molar-refractivity contribution in [3.8, 4) is 0 Å². The molecule has 0 aromatic rings. The van der Waals surface area contributed by atoms with Crippen LogP contribution in [0.15, 0.2) is 0 Å². The Balaban J connectivity index is 1.84. The summed E-state index contributed by atoms with van der Waals surface area (Å²) in [5, 5.41) is 2.82. The molecule has 2 fully saturated rings. The predicted octanol–water partition coefficient (Wildman–Crippen LogP) is 2.42. The number of amides is 1. The van der Waals surface area contributed by atoms with Crippen molar-refractivity contribution in [3.05, 3.63) is 0 Å². The summed E-state index contributed by atoms with van der Waals surface area (Å²) in [5.41, 5.74) is -0.921. The number of ether oxygens (including phenoxy) is 2. The summed E-state index contributed by atoms with van der Waals surface area (Å²) < 4.78 is 10.1. The molecule has 0 aromatic carbocycles. The van der Waals surface area contributed by atoms with Crippen molar-refractivity contribution in [2.45, 2.75) is 51.7 Å². The van der Waals surface area contributed by atoms with E-state index >= 15 is 0 Å². The maximum absolute atomic E-state index is 11.8. The first kappa shape index (κ1) is 14.4. The van der Waals surface area contributed by atoms with Crippen molar-refractivity contribution < 1.29 is 19.1 Å². The largest absolute Gasteiger partial charge is 0.449 e. The normalized spacial score (nSPS) is 32.4. The number of halogens is 1. The van der Waals surface area contributed by atoms with Gasteiger partial charge in [-0.2, -0.15) is 0 Å². The van der Waals surface area contributed by atoms with Gasteiger partial charge in [-0.15, -0.1) is 0 Å². The van der Waals surface area contributed by atoms with Crippen molar-refractivity contribution in [3.63, 3.8) is 0 Å². The first-order chi connectivity index (χ1) is 8.77. The zero-order chi connectivity index (χ0) is 14.3. The Morgan fingerprint density at radius 2 is 2.05 bits per heavy atom. The molecule has 0 heterocycles. The molecule has 0 saturated heterocycles. The lowest BCUT2D eigenvalue weighted by Crippen LogP contribution is -2.39. The average Bonchev–Trinajstić information content (AvgIpc) is 2.80.